The molecule has 0 saturated carbocycles. The Bertz CT molecular complexity index is 760. The van der Waals surface area contributed by atoms with Crippen LogP contribution >= 0.6 is 0 Å². The molecule has 1 aromatic carbocycles. The predicted octanol–water partition coefficient (Wildman–Crippen LogP) is 1.35. The van der Waals surface area contributed by atoms with E-state index < -0.39 is 18.1 Å². The summed E-state index contributed by atoms with van der Waals surface area (Å²) in [5.74, 6) is -1.83. The van der Waals surface area contributed by atoms with E-state index in [-0.39, 0.29) is 17.7 Å². The van der Waals surface area contributed by atoms with Crippen LogP contribution in [0.15, 0.2) is 24.3 Å². The first kappa shape index (κ1) is 21.1. The number of ether oxygens (including phenoxy) is 1. The molecule has 8 nitrogen and oxygen atoms in total. The Kier molecular flexibility index (Phi) is 6.74. The summed E-state index contributed by atoms with van der Waals surface area (Å²) in [5, 5.41) is 12.2. The van der Waals surface area contributed by atoms with Gasteiger partial charge in [0, 0.05) is 30.9 Å². The minimum atomic E-state index is -0.997. The van der Waals surface area contributed by atoms with Crippen molar-refractivity contribution in [1.82, 2.24) is 10.2 Å². The summed E-state index contributed by atoms with van der Waals surface area (Å²) in [6.07, 6.45) is 1.10. The molecule has 2 atom stereocenters. The van der Waals surface area contributed by atoms with Gasteiger partial charge in [-0.25, -0.2) is 4.79 Å². The molecule has 2 amide bonds. The van der Waals surface area contributed by atoms with E-state index in [1.807, 2.05) is 32.0 Å². The Morgan fingerprint density at radius 2 is 1.90 bits per heavy atom. The number of hydrogen-bond acceptors (Lipinski definition) is 5. The third-order valence-electron chi connectivity index (χ3n) is 5.52. The second-order valence-corrected chi connectivity index (χ2v) is 7.87. The SMILES string of the molecule is CC(C)C(NC(=O)c1cccc(N2CCOCC2)c1)C(=O)N1CCC[C@H]1C(=O)O. The Hall–Kier alpha value is -2.61. The van der Waals surface area contributed by atoms with E-state index in [9.17, 15) is 19.5 Å². The molecule has 1 aromatic rings. The van der Waals surface area contributed by atoms with Crippen molar-refractivity contribution in [2.75, 3.05) is 37.7 Å². The van der Waals surface area contributed by atoms with E-state index in [0.717, 1.165) is 18.8 Å². The maximum Gasteiger partial charge on any atom is 0.326 e. The second-order valence-electron chi connectivity index (χ2n) is 7.87. The van der Waals surface area contributed by atoms with Gasteiger partial charge in [-0.3, -0.25) is 9.59 Å². The maximum absolute atomic E-state index is 13.0. The number of anilines is 1. The Morgan fingerprint density at radius 1 is 1.17 bits per heavy atom. The number of amides is 2. The van der Waals surface area contributed by atoms with Crippen LogP contribution in [0.3, 0.4) is 0 Å². The van der Waals surface area contributed by atoms with Crippen molar-refractivity contribution in [3.8, 4) is 0 Å². The first-order chi connectivity index (χ1) is 13.9. The van der Waals surface area contributed by atoms with Gasteiger partial charge in [0.2, 0.25) is 5.91 Å². The molecule has 158 valence electrons. The number of carboxylic acid groups (broad SMARTS) is 1. The minimum Gasteiger partial charge on any atom is -0.480 e. The second kappa shape index (κ2) is 9.26. The zero-order valence-electron chi connectivity index (χ0n) is 17.0. The van der Waals surface area contributed by atoms with Crippen molar-refractivity contribution < 1.29 is 24.2 Å². The maximum atomic E-state index is 13.0. The van der Waals surface area contributed by atoms with Crippen LogP contribution < -0.4 is 10.2 Å². The van der Waals surface area contributed by atoms with Gasteiger partial charge in [-0.05, 0) is 37.0 Å². The van der Waals surface area contributed by atoms with Gasteiger partial charge in [-0.1, -0.05) is 19.9 Å². The number of carboxylic acids is 1. The standard InChI is InChI=1S/C21H29N3O5/c1-14(2)18(20(26)24-8-4-7-17(24)21(27)28)22-19(25)15-5-3-6-16(13-15)23-9-11-29-12-10-23/h3,5-6,13-14,17-18H,4,7-12H2,1-2H3,(H,22,25)(H,27,28)/t17-,18?/m0/s1. The molecule has 0 radical (unpaired) electrons. The molecule has 1 unspecified atom stereocenters. The molecule has 2 aliphatic rings. The Morgan fingerprint density at radius 3 is 2.55 bits per heavy atom. The van der Waals surface area contributed by atoms with Gasteiger partial charge in [0.25, 0.3) is 5.91 Å². The van der Waals surface area contributed by atoms with E-state index in [1.165, 1.54) is 4.90 Å². The smallest absolute Gasteiger partial charge is 0.326 e. The number of benzene rings is 1. The zero-order valence-corrected chi connectivity index (χ0v) is 17.0. The van der Waals surface area contributed by atoms with Gasteiger partial charge >= 0.3 is 5.97 Å². The molecule has 2 heterocycles. The molecule has 29 heavy (non-hydrogen) atoms. The summed E-state index contributed by atoms with van der Waals surface area (Å²) in [7, 11) is 0. The van der Waals surface area contributed by atoms with Gasteiger partial charge in [-0.15, -0.1) is 0 Å². The highest BCUT2D eigenvalue weighted by molar-refractivity contribution is 5.99. The number of carbonyl (C=O) groups is 3. The monoisotopic (exact) mass is 403 g/mol. The highest BCUT2D eigenvalue weighted by Crippen LogP contribution is 2.21. The van der Waals surface area contributed by atoms with Gasteiger partial charge in [0.1, 0.15) is 12.1 Å². The lowest BCUT2D eigenvalue weighted by Gasteiger charge is -2.30. The highest BCUT2D eigenvalue weighted by Gasteiger charge is 2.38. The molecule has 8 heteroatoms. The van der Waals surface area contributed by atoms with E-state index in [1.54, 1.807) is 6.07 Å². The van der Waals surface area contributed by atoms with Crippen LogP contribution in [-0.2, 0) is 14.3 Å². The van der Waals surface area contributed by atoms with E-state index in [2.05, 4.69) is 10.2 Å². The van der Waals surface area contributed by atoms with Crippen LogP contribution in [0.1, 0.15) is 37.0 Å². The number of likely N-dealkylation sites (tertiary alicyclic amines) is 1. The largest absolute Gasteiger partial charge is 0.480 e. The van der Waals surface area contributed by atoms with Crippen molar-refractivity contribution in [2.24, 2.45) is 5.92 Å². The predicted molar refractivity (Wildman–Crippen MR) is 108 cm³/mol. The fourth-order valence-corrected chi connectivity index (χ4v) is 3.87. The quantitative estimate of drug-likeness (QED) is 0.744. The number of hydrogen-bond donors (Lipinski definition) is 2. The van der Waals surface area contributed by atoms with Crippen LogP contribution in [0.4, 0.5) is 5.69 Å². The Labute approximate surface area is 170 Å². The van der Waals surface area contributed by atoms with Crippen LogP contribution in [0.2, 0.25) is 0 Å². The lowest BCUT2D eigenvalue weighted by molar-refractivity contribution is -0.149. The lowest BCUT2D eigenvalue weighted by Crippen LogP contribution is -2.53. The Balaban J connectivity index is 1.73. The van der Waals surface area contributed by atoms with E-state index in [4.69, 9.17) is 4.74 Å². The summed E-state index contributed by atoms with van der Waals surface area (Å²) in [4.78, 5) is 40.9. The fraction of sp³-hybridized carbons (Fsp3) is 0.571. The molecule has 0 aromatic heterocycles. The summed E-state index contributed by atoms with van der Waals surface area (Å²) < 4.78 is 5.37. The van der Waals surface area contributed by atoms with Gasteiger partial charge < -0.3 is 25.0 Å². The van der Waals surface area contributed by atoms with Crippen molar-refractivity contribution in [1.29, 1.82) is 0 Å². The van der Waals surface area contributed by atoms with Crippen molar-refractivity contribution in [3.05, 3.63) is 29.8 Å². The number of nitrogens with zero attached hydrogens (tertiary/aromatic N) is 2. The first-order valence-electron chi connectivity index (χ1n) is 10.2. The van der Waals surface area contributed by atoms with Crippen molar-refractivity contribution in [2.45, 2.75) is 38.8 Å². The van der Waals surface area contributed by atoms with Gasteiger partial charge in [-0.2, -0.15) is 0 Å². The van der Waals surface area contributed by atoms with Crippen LogP contribution in [-0.4, -0.2) is 72.7 Å². The number of carbonyl (C=O) groups excluding carboxylic acids is 2. The molecular formula is C21H29N3O5. The summed E-state index contributed by atoms with van der Waals surface area (Å²) in [6, 6.07) is 5.73. The van der Waals surface area contributed by atoms with Crippen LogP contribution in [0.25, 0.3) is 0 Å². The molecular weight excluding hydrogens is 374 g/mol. The van der Waals surface area contributed by atoms with Gasteiger partial charge in [0.15, 0.2) is 0 Å². The summed E-state index contributed by atoms with van der Waals surface area (Å²) in [5.41, 5.74) is 1.42. The summed E-state index contributed by atoms with van der Waals surface area (Å²) in [6.45, 7) is 6.94. The minimum absolute atomic E-state index is 0.163. The number of rotatable bonds is 6. The fourth-order valence-electron chi connectivity index (χ4n) is 3.87. The number of aliphatic carboxylic acids is 1. The average Bonchev–Trinajstić information content (AvgIpc) is 3.22. The molecule has 0 spiro atoms. The van der Waals surface area contributed by atoms with Crippen molar-refractivity contribution in [3.63, 3.8) is 0 Å². The number of nitrogens with one attached hydrogen (secondary N) is 1. The summed E-state index contributed by atoms with van der Waals surface area (Å²) >= 11 is 0. The molecule has 2 saturated heterocycles. The van der Waals surface area contributed by atoms with Crippen molar-refractivity contribution >= 4 is 23.5 Å². The normalized spacial score (nSPS) is 20.6. The molecule has 0 bridgehead atoms. The molecule has 0 aliphatic carbocycles. The van der Waals surface area contributed by atoms with E-state index >= 15 is 0 Å². The van der Waals surface area contributed by atoms with Crippen LogP contribution in [0, 0.1) is 5.92 Å². The molecule has 2 aliphatic heterocycles. The third kappa shape index (κ3) is 4.87. The zero-order chi connectivity index (χ0) is 21.0. The molecule has 2 fully saturated rings. The molecule has 3 rings (SSSR count). The van der Waals surface area contributed by atoms with Gasteiger partial charge in [0.05, 0.1) is 13.2 Å². The lowest BCUT2D eigenvalue weighted by atomic mass is 10.0. The average molecular weight is 403 g/mol. The third-order valence-corrected chi connectivity index (χ3v) is 5.52. The highest BCUT2D eigenvalue weighted by atomic mass is 16.5. The van der Waals surface area contributed by atoms with E-state index in [0.29, 0.717) is 38.2 Å². The first-order valence-corrected chi connectivity index (χ1v) is 10.2. The topological polar surface area (TPSA) is 99.2 Å². The van der Waals surface area contributed by atoms with Crippen LogP contribution in [0.5, 0.6) is 0 Å². The molecule has 2 N–H and O–H groups in total. The number of morpholine rings is 1.